The van der Waals surface area contributed by atoms with E-state index < -0.39 is 0 Å². The molecular weight excluding hydrogens is 360 g/mol. The lowest BCUT2D eigenvalue weighted by Gasteiger charge is -2.26. The summed E-state index contributed by atoms with van der Waals surface area (Å²) in [6.07, 6.45) is 2.20. The molecule has 142 valence electrons. The molecule has 1 aromatic heterocycles. The molecule has 5 nitrogen and oxygen atoms in total. The van der Waals surface area contributed by atoms with E-state index in [0.717, 1.165) is 39.4 Å². The van der Waals surface area contributed by atoms with Crippen molar-refractivity contribution in [1.29, 1.82) is 0 Å². The number of hydrazine groups is 1. The number of benzene rings is 2. The second-order valence-electron chi connectivity index (χ2n) is 7.23. The number of aromatic nitrogens is 1. The van der Waals surface area contributed by atoms with Crippen molar-refractivity contribution in [1.82, 2.24) is 14.5 Å². The third-order valence-electron chi connectivity index (χ3n) is 5.41. The second kappa shape index (κ2) is 7.52. The lowest BCUT2D eigenvalue weighted by molar-refractivity contribution is 0.0344. The van der Waals surface area contributed by atoms with Crippen LogP contribution in [0.1, 0.15) is 11.1 Å². The van der Waals surface area contributed by atoms with Crippen LogP contribution in [0.3, 0.4) is 0 Å². The maximum Gasteiger partial charge on any atom is 0.0594 e. The number of anilines is 1. The molecule has 0 unspecified atom stereocenters. The van der Waals surface area contributed by atoms with E-state index in [0.29, 0.717) is 0 Å². The molecule has 3 heterocycles. The van der Waals surface area contributed by atoms with Crippen molar-refractivity contribution in [3.05, 3.63) is 59.8 Å². The van der Waals surface area contributed by atoms with Crippen molar-refractivity contribution in [3.8, 4) is 5.69 Å². The lowest BCUT2D eigenvalue weighted by atomic mass is 10.1. The zero-order chi connectivity index (χ0) is 17.5. The van der Waals surface area contributed by atoms with Gasteiger partial charge in [-0.05, 0) is 41.5 Å². The molecule has 1 N–H and O–H groups in total. The van der Waals surface area contributed by atoms with Gasteiger partial charge in [0.25, 0.3) is 0 Å². The van der Waals surface area contributed by atoms with Crippen molar-refractivity contribution in [2.45, 2.75) is 13.1 Å². The van der Waals surface area contributed by atoms with E-state index in [-0.39, 0.29) is 12.4 Å². The van der Waals surface area contributed by atoms with Gasteiger partial charge < -0.3 is 14.7 Å². The fourth-order valence-corrected chi connectivity index (χ4v) is 4.07. The van der Waals surface area contributed by atoms with Gasteiger partial charge in [-0.1, -0.05) is 12.1 Å². The zero-order valence-electron chi connectivity index (χ0n) is 15.5. The Labute approximate surface area is 165 Å². The van der Waals surface area contributed by atoms with Crippen molar-refractivity contribution >= 4 is 29.0 Å². The number of fused-ring (bicyclic) bond motifs is 2. The van der Waals surface area contributed by atoms with Crippen LogP contribution >= 0.6 is 12.4 Å². The summed E-state index contributed by atoms with van der Waals surface area (Å²) in [7, 11) is 2.07. The van der Waals surface area contributed by atoms with Gasteiger partial charge in [0.1, 0.15) is 0 Å². The van der Waals surface area contributed by atoms with Gasteiger partial charge in [0, 0.05) is 50.5 Å². The van der Waals surface area contributed by atoms with E-state index >= 15 is 0 Å². The first kappa shape index (κ1) is 18.3. The van der Waals surface area contributed by atoms with Gasteiger partial charge in [0.05, 0.1) is 24.4 Å². The molecule has 1 fully saturated rings. The Morgan fingerprint density at radius 2 is 1.93 bits per heavy atom. The highest BCUT2D eigenvalue weighted by atomic mass is 35.5. The summed E-state index contributed by atoms with van der Waals surface area (Å²) in [5.41, 5.74) is 9.81. The number of hydrogen-bond acceptors (Lipinski definition) is 4. The molecule has 2 aliphatic rings. The molecule has 2 aliphatic heterocycles. The van der Waals surface area contributed by atoms with Gasteiger partial charge in [0.15, 0.2) is 0 Å². The summed E-state index contributed by atoms with van der Waals surface area (Å²) in [4.78, 5) is 2.48. The highest BCUT2D eigenvalue weighted by Gasteiger charge is 2.17. The molecule has 0 aliphatic carbocycles. The molecule has 0 spiro atoms. The Kier molecular flexibility index (Phi) is 5.10. The molecule has 2 aromatic carbocycles. The Morgan fingerprint density at radius 1 is 1.07 bits per heavy atom. The molecule has 27 heavy (non-hydrogen) atoms. The van der Waals surface area contributed by atoms with Gasteiger partial charge in [0.2, 0.25) is 0 Å². The van der Waals surface area contributed by atoms with Gasteiger partial charge in [-0.3, -0.25) is 4.90 Å². The quantitative estimate of drug-likeness (QED) is 0.747. The number of nitrogens with one attached hydrogen (secondary N) is 1. The number of morpholine rings is 1. The summed E-state index contributed by atoms with van der Waals surface area (Å²) in [6.45, 7) is 5.64. The highest BCUT2D eigenvalue weighted by molar-refractivity contribution is 5.86. The van der Waals surface area contributed by atoms with Crippen molar-refractivity contribution in [3.63, 3.8) is 0 Å². The Hall–Kier alpha value is -2.05. The number of ether oxygens (including phenoxy) is 1. The number of rotatable bonds is 3. The fourth-order valence-electron chi connectivity index (χ4n) is 4.07. The molecule has 0 atom stereocenters. The largest absolute Gasteiger partial charge is 0.379 e. The Morgan fingerprint density at radius 3 is 2.78 bits per heavy atom. The smallest absolute Gasteiger partial charge is 0.0594 e. The van der Waals surface area contributed by atoms with Crippen LogP contribution in [-0.2, 0) is 17.8 Å². The molecule has 1 saturated heterocycles. The maximum atomic E-state index is 5.48. The zero-order valence-corrected chi connectivity index (χ0v) is 16.3. The molecule has 0 bridgehead atoms. The summed E-state index contributed by atoms with van der Waals surface area (Å²) in [5.74, 6) is 0. The molecule has 3 aromatic rings. The summed E-state index contributed by atoms with van der Waals surface area (Å²) < 4.78 is 7.78. The van der Waals surface area contributed by atoms with Gasteiger partial charge in [-0.25, -0.2) is 5.01 Å². The molecule has 0 amide bonds. The predicted octanol–water partition coefficient (Wildman–Crippen LogP) is 3.66. The standard InChI is InChI=1S/C21H24N4O.ClH/c1-23-14-17-13-18(5-6-20(17)22-23)25-8-7-19-16(3-2-4-21(19)25)15-24-9-11-26-12-10-24;/h2-8,13,22H,9-12,14-15H2,1H3;1H. The predicted molar refractivity (Wildman–Crippen MR) is 112 cm³/mol. The van der Waals surface area contributed by atoms with E-state index in [1.54, 1.807) is 0 Å². The van der Waals surface area contributed by atoms with Crippen molar-refractivity contribution in [2.75, 3.05) is 38.8 Å². The second-order valence-corrected chi connectivity index (χ2v) is 7.23. The van der Waals surface area contributed by atoms with E-state index in [1.807, 2.05) is 0 Å². The topological polar surface area (TPSA) is 32.7 Å². The minimum atomic E-state index is 0. The molecule has 6 heteroatoms. The van der Waals surface area contributed by atoms with E-state index in [4.69, 9.17) is 4.74 Å². The third-order valence-corrected chi connectivity index (χ3v) is 5.41. The molecule has 0 saturated carbocycles. The summed E-state index contributed by atoms with van der Waals surface area (Å²) >= 11 is 0. The maximum absolute atomic E-state index is 5.48. The van der Waals surface area contributed by atoms with Gasteiger partial charge in [-0.15, -0.1) is 12.4 Å². The van der Waals surface area contributed by atoms with Crippen LogP contribution in [-0.4, -0.2) is 47.8 Å². The number of halogens is 1. The average Bonchev–Trinajstić information content (AvgIpc) is 3.25. The normalized spacial score (nSPS) is 17.5. The molecular formula is C21H25ClN4O. The first-order valence-corrected chi connectivity index (χ1v) is 9.28. The van der Waals surface area contributed by atoms with E-state index in [9.17, 15) is 0 Å². The number of nitrogens with zero attached hydrogens (tertiary/aromatic N) is 3. The van der Waals surface area contributed by atoms with E-state index in [2.05, 4.69) is 75.6 Å². The van der Waals surface area contributed by atoms with Crippen LogP contribution in [0.2, 0.25) is 0 Å². The monoisotopic (exact) mass is 384 g/mol. The SMILES string of the molecule is CN1Cc2cc(-n3ccc4c(CN5CCOCC5)cccc43)ccc2N1.Cl. The summed E-state index contributed by atoms with van der Waals surface area (Å²) in [5, 5.41) is 3.46. The molecule has 5 rings (SSSR count). The third kappa shape index (κ3) is 3.44. The van der Waals surface area contributed by atoms with Crippen LogP contribution in [0.15, 0.2) is 48.7 Å². The summed E-state index contributed by atoms with van der Waals surface area (Å²) in [6, 6.07) is 15.6. The van der Waals surface area contributed by atoms with Crippen LogP contribution in [0.4, 0.5) is 5.69 Å². The fraction of sp³-hybridized carbons (Fsp3) is 0.333. The first-order chi connectivity index (χ1) is 12.8. The van der Waals surface area contributed by atoms with Gasteiger partial charge >= 0.3 is 0 Å². The Bertz CT molecular complexity index is 949. The molecule has 0 radical (unpaired) electrons. The van der Waals surface area contributed by atoms with E-state index in [1.165, 1.54) is 33.4 Å². The minimum absolute atomic E-state index is 0. The minimum Gasteiger partial charge on any atom is -0.379 e. The van der Waals surface area contributed by atoms with Crippen LogP contribution < -0.4 is 5.43 Å². The average molecular weight is 385 g/mol. The lowest BCUT2D eigenvalue weighted by Crippen LogP contribution is -2.35. The van der Waals surface area contributed by atoms with Crippen molar-refractivity contribution < 1.29 is 4.74 Å². The Balaban J connectivity index is 0.00000180. The first-order valence-electron chi connectivity index (χ1n) is 9.28. The van der Waals surface area contributed by atoms with Crippen LogP contribution in [0, 0.1) is 0 Å². The van der Waals surface area contributed by atoms with Crippen molar-refractivity contribution in [2.24, 2.45) is 0 Å². The van der Waals surface area contributed by atoms with Crippen LogP contribution in [0.5, 0.6) is 0 Å². The number of hydrogen-bond donors (Lipinski definition) is 1. The van der Waals surface area contributed by atoms with Gasteiger partial charge in [-0.2, -0.15) is 0 Å². The van der Waals surface area contributed by atoms with Crippen LogP contribution in [0.25, 0.3) is 16.6 Å². The highest BCUT2D eigenvalue weighted by Crippen LogP contribution is 2.29.